The Morgan fingerprint density at radius 2 is 2.18 bits per heavy atom. The Bertz CT molecular complexity index is 431. The summed E-state index contributed by atoms with van der Waals surface area (Å²) in [7, 11) is 0. The number of aromatic carboxylic acids is 1. The number of carbonyl (C=O) groups excluding carboxylic acids is 1. The summed E-state index contributed by atoms with van der Waals surface area (Å²) in [5.41, 5.74) is 5.74. The van der Waals surface area contributed by atoms with Crippen LogP contribution in [0.15, 0.2) is 18.2 Å². The Kier molecular flexibility index (Phi) is 4.33. The van der Waals surface area contributed by atoms with E-state index in [1.165, 1.54) is 18.2 Å². The van der Waals surface area contributed by atoms with Crippen LogP contribution in [0.5, 0.6) is 5.75 Å². The number of nitrogens with two attached hydrogens (primary N) is 1. The van der Waals surface area contributed by atoms with Crippen LogP contribution in [-0.2, 0) is 4.79 Å². The van der Waals surface area contributed by atoms with E-state index < -0.39 is 5.97 Å². The summed E-state index contributed by atoms with van der Waals surface area (Å²) in [5.74, 6) is -1.33. The zero-order valence-electron chi connectivity index (χ0n) is 9.40. The molecule has 1 rings (SSSR count). The van der Waals surface area contributed by atoms with Crippen molar-refractivity contribution in [3.05, 3.63) is 23.8 Å². The van der Waals surface area contributed by atoms with Gasteiger partial charge in [0, 0.05) is 12.2 Å². The molecule has 1 aromatic rings. The summed E-state index contributed by atoms with van der Waals surface area (Å²) >= 11 is 0. The topological polar surface area (TPSA) is 102 Å². The number of carbonyl (C=O) groups is 2. The standard InChI is InChI=1S/C11H14N2O4/c1-2-13-10(14)6-17-9-4-3-7(12)5-8(9)11(15)16/h3-5H,2,6,12H2,1H3,(H,13,14)(H,15,16). The van der Waals surface area contributed by atoms with E-state index in [1.807, 2.05) is 0 Å². The highest BCUT2D eigenvalue weighted by Gasteiger charge is 2.12. The van der Waals surface area contributed by atoms with Gasteiger partial charge >= 0.3 is 5.97 Å². The van der Waals surface area contributed by atoms with Crippen molar-refractivity contribution in [1.29, 1.82) is 0 Å². The van der Waals surface area contributed by atoms with E-state index in [9.17, 15) is 9.59 Å². The van der Waals surface area contributed by atoms with Crippen molar-refractivity contribution in [1.82, 2.24) is 5.32 Å². The normalized spacial score (nSPS) is 9.71. The molecule has 17 heavy (non-hydrogen) atoms. The lowest BCUT2D eigenvalue weighted by Crippen LogP contribution is -2.28. The van der Waals surface area contributed by atoms with Crippen LogP contribution in [0.1, 0.15) is 17.3 Å². The summed E-state index contributed by atoms with van der Waals surface area (Å²) in [6, 6.07) is 4.23. The molecule has 6 heteroatoms. The summed E-state index contributed by atoms with van der Waals surface area (Å²) in [6.07, 6.45) is 0. The third-order valence-electron chi connectivity index (χ3n) is 1.97. The second kappa shape index (κ2) is 5.74. The molecule has 1 aromatic carbocycles. The summed E-state index contributed by atoms with van der Waals surface area (Å²) in [4.78, 5) is 22.1. The molecule has 0 spiro atoms. The van der Waals surface area contributed by atoms with Crippen molar-refractivity contribution in [2.75, 3.05) is 18.9 Å². The Hall–Kier alpha value is -2.24. The van der Waals surface area contributed by atoms with Crippen molar-refractivity contribution < 1.29 is 19.4 Å². The molecule has 92 valence electrons. The van der Waals surface area contributed by atoms with Crippen LogP contribution in [-0.4, -0.2) is 30.1 Å². The summed E-state index contributed by atoms with van der Waals surface area (Å²) in [5, 5.41) is 11.5. The monoisotopic (exact) mass is 238 g/mol. The van der Waals surface area contributed by atoms with Gasteiger partial charge in [-0.2, -0.15) is 0 Å². The molecule has 0 aliphatic heterocycles. The summed E-state index contributed by atoms with van der Waals surface area (Å²) in [6.45, 7) is 2.05. The van der Waals surface area contributed by atoms with Crippen LogP contribution >= 0.6 is 0 Å². The molecule has 0 aliphatic carbocycles. The number of nitrogen functional groups attached to an aromatic ring is 1. The van der Waals surface area contributed by atoms with E-state index in [1.54, 1.807) is 6.92 Å². The van der Waals surface area contributed by atoms with Crippen LogP contribution in [0, 0.1) is 0 Å². The number of hydrogen-bond donors (Lipinski definition) is 3. The van der Waals surface area contributed by atoms with Gasteiger partial charge in [-0.15, -0.1) is 0 Å². The van der Waals surface area contributed by atoms with Gasteiger partial charge in [0.2, 0.25) is 0 Å². The number of likely N-dealkylation sites (N-methyl/N-ethyl adjacent to an activating group) is 1. The van der Waals surface area contributed by atoms with E-state index in [0.29, 0.717) is 12.2 Å². The molecule has 0 aliphatic rings. The van der Waals surface area contributed by atoms with Crippen molar-refractivity contribution in [3.63, 3.8) is 0 Å². The highest BCUT2D eigenvalue weighted by atomic mass is 16.5. The molecule has 0 unspecified atom stereocenters. The highest BCUT2D eigenvalue weighted by molar-refractivity contribution is 5.92. The number of carboxylic acids is 1. The van der Waals surface area contributed by atoms with Crippen LogP contribution in [0.3, 0.4) is 0 Å². The maximum atomic E-state index is 11.2. The summed E-state index contributed by atoms with van der Waals surface area (Å²) < 4.78 is 5.12. The second-order valence-corrected chi connectivity index (χ2v) is 3.30. The average Bonchev–Trinajstić information content (AvgIpc) is 2.27. The van der Waals surface area contributed by atoms with E-state index in [2.05, 4.69) is 5.32 Å². The van der Waals surface area contributed by atoms with E-state index in [4.69, 9.17) is 15.6 Å². The molecule has 0 saturated heterocycles. The highest BCUT2D eigenvalue weighted by Crippen LogP contribution is 2.21. The number of benzene rings is 1. The van der Waals surface area contributed by atoms with Gasteiger partial charge in [0.15, 0.2) is 6.61 Å². The number of rotatable bonds is 5. The predicted molar refractivity (Wildman–Crippen MR) is 62.0 cm³/mol. The second-order valence-electron chi connectivity index (χ2n) is 3.30. The molecular formula is C11H14N2O4. The number of carboxylic acid groups (broad SMARTS) is 1. The fourth-order valence-corrected chi connectivity index (χ4v) is 1.23. The Labute approximate surface area is 98.4 Å². The Balaban J connectivity index is 2.77. The first-order valence-corrected chi connectivity index (χ1v) is 5.07. The smallest absolute Gasteiger partial charge is 0.339 e. The van der Waals surface area contributed by atoms with Crippen molar-refractivity contribution in [2.24, 2.45) is 0 Å². The van der Waals surface area contributed by atoms with Crippen LogP contribution in [0.4, 0.5) is 5.69 Å². The molecule has 0 aromatic heterocycles. The fourth-order valence-electron chi connectivity index (χ4n) is 1.23. The fraction of sp³-hybridized carbons (Fsp3) is 0.273. The first-order valence-electron chi connectivity index (χ1n) is 5.07. The molecule has 0 fully saturated rings. The largest absolute Gasteiger partial charge is 0.483 e. The van der Waals surface area contributed by atoms with E-state index >= 15 is 0 Å². The Morgan fingerprint density at radius 3 is 2.76 bits per heavy atom. The van der Waals surface area contributed by atoms with Gasteiger partial charge in [-0.05, 0) is 25.1 Å². The third-order valence-corrected chi connectivity index (χ3v) is 1.97. The molecule has 1 amide bonds. The number of ether oxygens (including phenoxy) is 1. The van der Waals surface area contributed by atoms with E-state index in [0.717, 1.165) is 0 Å². The molecule has 0 radical (unpaired) electrons. The lowest BCUT2D eigenvalue weighted by Gasteiger charge is -2.09. The first kappa shape index (κ1) is 12.8. The van der Waals surface area contributed by atoms with Gasteiger partial charge in [-0.25, -0.2) is 4.79 Å². The minimum absolute atomic E-state index is 0.0608. The van der Waals surface area contributed by atoms with Gasteiger partial charge in [0.05, 0.1) is 0 Å². The van der Waals surface area contributed by atoms with Crippen molar-refractivity contribution >= 4 is 17.6 Å². The first-order chi connectivity index (χ1) is 8.04. The molecule has 0 atom stereocenters. The third kappa shape index (κ3) is 3.67. The van der Waals surface area contributed by atoms with E-state index in [-0.39, 0.29) is 23.8 Å². The molecule has 0 heterocycles. The number of anilines is 1. The maximum Gasteiger partial charge on any atom is 0.339 e. The van der Waals surface area contributed by atoms with Gasteiger partial charge in [0.25, 0.3) is 5.91 Å². The minimum Gasteiger partial charge on any atom is -0.483 e. The zero-order chi connectivity index (χ0) is 12.8. The molecule has 0 saturated carbocycles. The quantitative estimate of drug-likeness (QED) is 0.648. The van der Waals surface area contributed by atoms with Crippen LogP contribution < -0.4 is 15.8 Å². The van der Waals surface area contributed by atoms with Crippen LogP contribution in [0.25, 0.3) is 0 Å². The molecule has 0 bridgehead atoms. The van der Waals surface area contributed by atoms with Crippen LogP contribution in [0.2, 0.25) is 0 Å². The van der Waals surface area contributed by atoms with Gasteiger partial charge in [-0.1, -0.05) is 0 Å². The number of amides is 1. The van der Waals surface area contributed by atoms with Crippen molar-refractivity contribution in [2.45, 2.75) is 6.92 Å². The molecular weight excluding hydrogens is 224 g/mol. The molecule has 4 N–H and O–H groups in total. The average molecular weight is 238 g/mol. The number of hydrogen-bond acceptors (Lipinski definition) is 4. The SMILES string of the molecule is CCNC(=O)COc1ccc(N)cc1C(=O)O. The lowest BCUT2D eigenvalue weighted by molar-refractivity contribution is -0.123. The maximum absolute atomic E-state index is 11.2. The van der Waals surface area contributed by atoms with Gasteiger partial charge in [0.1, 0.15) is 11.3 Å². The van der Waals surface area contributed by atoms with Crippen molar-refractivity contribution in [3.8, 4) is 5.75 Å². The Morgan fingerprint density at radius 1 is 1.47 bits per heavy atom. The van der Waals surface area contributed by atoms with Gasteiger partial charge in [-0.3, -0.25) is 4.79 Å². The minimum atomic E-state index is -1.15. The molecule has 6 nitrogen and oxygen atoms in total. The zero-order valence-corrected chi connectivity index (χ0v) is 9.40. The number of nitrogens with one attached hydrogen (secondary N) is 1. The lowest BCUT2D eigenvalue weighted by atomic mass is 10.2. The predicted octanol–water partition coefficient (Wildman–Crippen LogP) is 0.482. The van der Waals surface area contributed by atoms with Gasteiger partial charge < -0.3 is 20.9 Å².